The van der Waals surface area contributed by atoms with Gasteiger partial charge in [-0.1, -0.05) is 42.3 Å². The number of hydrogen-bond acceptors (Lipinski definition) is 3. The van der Waals surface area contributed by atoms with Gasteiger partial charge in [0, 0.05) is 13.1 Å². The van der Waals surface area contributed by atoms with Crippen LogP contribution in [0, 0.1) is 13.8 Å². The molecule has 0 radical (unpaired) electrons. The van der Waals surface area contributed by atoms with Crippen LogP contribution in [0.4, 0.5) is 0 Å². The van der Waals surface area contributed by atoms with E-state index in [9.17, 15) is 13.2 Å². The Morgan fingerprint density at radius 3 is 2.45 bits per heavy atom. The molecular weight excluding hydrogens is 408 g/mol. The number of rotatable bonds is 6. The molecule has 29 heavy (non-hydrogen) atoms. The second-order valence-electron chi connectivity index (χ2n) is 7.55. The average Bonchev–Trinajstić information content (AvgIpc) is 3.22. The summed E-state index contributed by atoms with van der Waals surface area (Å²) in [6.45, 7) is 7.07. The van der Waals surface area contributed by atoms with E-state index in [1.54, 1.807) is 0 Å². The highest BCUT2D eigenvalue weighted by atomic mass is 35.5. The van der Waals surface area contributed by atoms with Gasteiger partial charge in [0.15, 0.2) is 0 Å². The molecule has 5 nitrogen and oxygen atoms in total. The third-order valence-corrected chi connectivity index (χ3v) is 7.62. The zero-order valence-corrected chi connectivity index (χ0v) is 18.6. The van der Waals surface area contributed by atoms with E-state index in [2.05, 4.69) is 11.4 Å². The van der Waals surface area contributed by atoms with Crippen molar-refractivity contribution >= 4 is 27.5 Å². The summed E-state index contributed by atoms with van der Waals surface area (Å²) in [5.74, 6) is -0.375. The van der Waals surface area contributed by atoms with Crippen LogP contribution in [-0.2, 0) is 10.0 Å². The van der Waals surface area contributed by atoms with E-state index in [4.69, 9.17) is 11.6 Å². The van der Waals surface area contributed by atoms with Crippen molar-refractivity contribution in [3.8, 4) is 0 Å². The number of nitrogens with zero attached hydrogens (tertiary/aromatic N) is 1. The number of hydrogen-bond donors (Lipinski definition) is 1. The molecule has 1 aliphatic rings. The monoisotopic (exact) mass is 434 g/mol. The Labute approximate surface area is 178 Å². The van der Waals surface area contributed by atoms with Crippen LogP contribution in [0.25, 0.3) is 0 Å². The maximum Gasteiger partial charge on any atom is 0.253 e. The molecule has 1 amide bonds. The first kappa shape index (κ1) is 21.8. The van der Waals surface area contributed by atoms with Crippen molar-refractivity contribution in [1.29, 1.82) is 0 Å². The number of carbonyl (C=O) groups is 1. The molecule has 0 aliphatic carbocycles. The molecular formula is C22H27ClN2O3S. The predicted octanol–water partition coefficient (Wildman–Crippen LogP) is 4.62. The average molecular weight is 435 g/mol. The first-order valence-electron chi connectivity index (χ1n) is 9.91. The summed E-state index contributed by atoms with van der Waals surface area (Å²) in [5.41, 5.74) is 3.49. The molecule has 0 saturated carbocycles. The summed E-state index contributed by atoms with van der Waals surface area (Å²) in [6.07, 6.45) is 2.42. The van der Waals surface area contributed by atoms with E-state index in [1.165, 1.54) is 22.5 Å². The van der Waals surface area contributed by atoms with Crippen molar-refractivity contribution in [1.82, 2.24) is 9.62 Å². The van der Waals surface area contributed by atoms with Crippen LogP contribution >= 0.6 is 11.6 Å². The lowest BCUT2D eigenvalue weighted by Crippen LogP contribution is -2.30. The molecule has 3 rings (SSSR count). The first-order valence-corrected chi connectivity index (χ1v) is 11.7. The van der Waals surface area contributed by atoms with Gasteiger partial charge in [-0.05, 0) is 62.4 Å². The summed E-state index contributed by atoms with van der Waals surface area (Å²) in [6, 6.07) is 10.3. The van der Waals surface area contributed by atoms with Crippen molar-refractivity contribution in [3.05, 3.63) is 63.7 Å². The summed E-state index contributed by atoms with van der Waals surface area (Å²) >= 11 is 6.26. The number of amides is 1. The molecule has 2 aromatic rings. The molecule has 1 fully saturated rings. The maximum absolute atomic E-state index is 13.0. The van der Waals surface area contributed by atoms with Crippen LogP contribution in [0.15, 0.2) is 41.3 Å². The van der Waals surface area contributed by atoms with Crippen LogP contribution < -0.4 is 5.32 Å². The second kappa shape index (κ2) is 8.86. The smallest absolute Gasteiger partial charge is 0.253 e. The SMILES string of the molecule is CC[C@H](NC(=O)c1cc(S(=O)(=O)N2CCCC2)ccc1Cl)c1ccc(C)cc1C. The lowest BCUT2D eigenvalue weighted by atomic mass is 9.97. The van der Waals surface area contributed by atoms with Crippen molar-refractivity contribution in [2.24, 2.45) is 0 Å². The van der Waals surface area contributed by atoms with E-state index in [-0.39, 0.29) is 27.4 Å². The third-order valence-electron chi connectivity index (χ3n) is 5.40. The molecule has 1 saturated heterocycles. The van der Waals surface area contributed by atoms with E-state index < -0.39 is 10.0 Å². The van der Waals surface area contributed by atoms with Gasteiger partial charge in [0.05, 0.1) is 21.5 Å². The van der Waals surface area contributed by atoms with Crippen LogP contribution in [0.5, 0.6) is 0 Å². The number of nitrogens with one attached hydrogen (secondary N) is 1. The minimum Gasteiger partial charge on any atom is -0.345 e. The molecule has 0 bridgehead atoms. The van der Waals surface area contributed by atoms with Gasteiger partial charge in [-0.15, -0.1) is 0 Å². The predicted molar refractivity (Wildman–Crippen MR) is 116 cm³/mol. The Kier molecular flexibility index (Phi) is 6.66. The number of carbonyl (C=O) groups excluding carboxylic acids is 1. The van der Waals surface area contributed by atoms with Gasteiger partial charge in [-0.3, -0.25) is 4.79 Å². The topological polar surface area (TPSA) is 66.5 Å². The number of halogens is 1. The summed E-state index contributed by atoms with van der Waals surface area (Å²) in [7, 11) is -3.61. The van der Waals surface area contributed by atoms with E-state index in [1.807, 2.05) is 32.9 Å². The Morgan fingerprint density at radius 1 is 1.14 bits per heavy atom. The summed E-state index contributed by atoms with van der Waals surface area (Å²) in [5, 5.41) is 3.25. The van der Waals surface area contributed by atoms with E-state index >= 15 is 0 Å². The minimum atomic E-state index is -3.61. The fourth-order valence-electron chi connectivity index (χ4n) is 3.77. The quantitative estimate of drug-likeness (QED) is 0.721. The lowest BCUT2D eigenvalue weighted by molar-refractivity contribution is 0.0935. The molecule has 0 spiro atoms. The van der Waals surface area contributed by atoms with Gasteiger partial charge in [-0.25, -0.2) is 8.42 Å². The second-order valence-corrected chi connectivity index (χ2v) is 9.89. The first-order chi connectivity index (χ1) is 13.7. The third kappa shape index (κ3) is 4.65. The molecule has 0 unspecified atom stereocenters. The van der Waals surface area contributed by atoms with Gasteiger partial charge in [0.1, 0.15) is 0 Å². The standard InChI is InChI=1S/C22H27ClN2O3S/c1-4-21(18-9-7-15(2)13-16(18)3)24-22(26)19-14-17(8-10-20(19)23)29(27,28)25-11-5-6-12-25/h7-10,13-14,21H,4-6,11-12H2,1-3H3,(H,24,26)/t21-/m0/s1. The molecule has 7 heteroatoms. The zero-order valence-electron chi connectivity index (χ0n) is 17.0. The molecule has 0 aromatic heterocycles. The van der Waals surface area contributed by atoms with Crippen LogP contribution in [0.3, 0.4) is 0 Å². The highest BCUT2D eigenvalue weighted by Crippen LogP contribution is 2.27. The van der Waals surface area contributed by atoms with Crippen molar-refractivity contribution in [2.75, 3.05) is 13.1 Å². The Balaban J connectivity index is 1.88. The van der Waals surface area contributed by atoms with Gasteiger partial charge in [-0.2, -0.15) is 4.31 Å². The van der Waals surface area contributed by atoms with Gasteiger partial charge in [0.25, 0.3) is 5.91 Å². The zero-order chi connectivity index (χ0) is 21.2. The molecule has 1 atom stereocenters. The Hall–Kier alpha value is -1.89. The van der Waals surface area contributed by atoms with E-state index in [0.29, 0.717) is 19.5 Å². The summed E-state index contributed by atoms with van der Waals surface area (Å²) < 4.78 is 27.2. The van der Waals surface area contributed by atoms with Crippen molar-refractivity contribution < 1.29 is 13.2 Å². The largest absolute Gasteiger partial charge is 0.345 e. The van der Waals surface area contributed by atoms with E-state index in [0.717, 1.165) is 29.5 Å². The molecule has 1 heterocycles. The highest BCUT2D eigenvalue weighted by Gasteiger charge is 2.28. The fraction of sp³-hybridized carbons (Fsp3) is 0.409. The molecule has 1 aliphatic heterocycles. The normalized spacial score (nSPS) is 16.0. The van der Waals surface area contributed by atoms with Crippen LogP contribution in [0.2, 0.25) is 5.02 Å². The van der Waals surface area contributed by atoms with Crippen molar-refractivity contribution in [2.45, 2.75) is 51.0 Å². The molecule has 156 valence electrons. The van der Waals surface area contributed by atoms with Gasteiger partial charge >= 0.3 is 0 Å². The lowest BCUT2D eigenvalue weighted by Gasteiger charge is -2.21. The fourth-order valence-corrected chi connectivity index (χ4v) is 5.52. The van der Waals surface area contributed by atoms with Crippen molar-refractivity contribution in [3.63, 3.8) is 0 Å². The number of sulfonamides is 1. The Morgan fingerprint density at radius 2 is 1.83 bits per heavy atom. The molecule has 2 aromatic carbocycles. The maximum atomic E-state index is 13.0. The van der Waals surface area contributed by atoms with Crippen LogP contribution in [0.1, 0.15) is 59.3 Å². The van der Waals surface area contributed by atoms with Gasteiger partial charge in [0.2, 0.25) is 10.0 Å². The highest BCUT2D eigenvalue weighted by molar-refractivity contribution is 7.89. The molecule has 1 N–H and O–H groups in total. The van der Waals surface area contributed by atoms with Crippen LogP contribution in [-0.4, -0.2) is 31.7 Å². The van der Waals surface area contributed by atoms with Gasteiger partial charge < -0.3 is 5.32 Å². The summed E-state index contributed by atoms with van der Waals surface area (Å²) in [4.78, 5) is 13.1. The number of benzene rings is 2. The minimum absolute atomic E-state index is 0.105. The Bertz CT molecular complexity index is 1010. The number of aryl methyl sites for hydroxylation is 2.